The second-order valence-corrected chi connectivity index (χ2v) is 3.86. The summed E-state index contributed by atoms with van der Waals surface area (Å²) in [6, 6.07) is 0.249. The molecule has 0 spiro atoms. The van der Waals surface area contributed by atoms with Gasteiger partial charge in [0.1, 0.15) is 5.78 Å². The van der Waals surface area contributed by atoms with Crippen LogP contribution in [0, 0.1) is 0 Å². The summed E-state index contributed by atoms with van der Waals surface area (Å²) in [5.41, 5.74) is 0. The Morgan fingerprint density at radius 1 is 1.38 bits per heavy atom. The number of rotatable bonds is 4. The van der Waals surface area contributed by atoms with E-state index in [4.69, 9.17) is 0 Å². The van der Waals surface area contributed by atoms with Gasteiger partial charge in [0.25, 0.3) is 0 Å². The molecule has 13 heavy (non-hydrogen) atoms. The molecule has 0 N–H and O–H groups in total. The molecule has 76 valence electrons. The van der Waals surface area contributed by atoms with Gasteiger partial charge in [0.2, 0.25) is 0 Å². The molecule has 1 atom stereocenters. The van der Waals surface area contributed by atoms with Gasteiger partial charge >= 0.3 is 0 Å². The molecular formula is C11H21NO. The average molecular weight is 183 g/mol. The van der Waals surface area contributed by atoms with Crippen molar-refractivity contribution in [3.63, 3.8) is 0 Å². The summed E-state index contributed by atoms with van der Waals surface area (Å²) in [4.78, 5) is 14.1. The van der Waals surface area contributed by atoms with Crippen molar-refractivity contribution in [2.24, 2.45) is 0 Å². The number of likely N-dealkylation sites (tertiary alicyclic amines) is 1. The largest absolute Gasteiger partial charge is 0.298 e. The van der Waals surface area contributed by atoms with E-state index in [1.807, 2.05) is 0 Å². The number of piperidine rings is 1. The molecule has 1 heterocycles. The normalized spacial score (nSPS) is 24.6. The van der Waals surface area contributed by atoms with Gasteiger partial charge in [0, 0.05) is 6.42 Å². The van der Waals surface area contributed by atoms with Crippen LogP contribution in [0.2, 0.25) is 0 Å². The van der Waals surface area contributed by atoms with Crippen molar-refractivity contribution in [1.29, 1.82) is 0 Å². The number of ketones is 1. The molecule has 2 heteroatoms. The highest BCUT2D eigenvalue weighted by atomic mass is 16.1. The van der Waals surface area contributed by atoms with Crippen LogP contribution >= 0.6 is 0 Å². The van der Waals surface area contributed by atoms with Gasteiger partial charge in [0.05, 0.1) is 6.04 Å². The van der Waals surface area contributed by atoms with Crippen molar-refractivity contribution in [2.45, 2.75) is 52.0 Å². The molecule has 0 radical (unpaired) electrons. The average Bonchev–Trinajstić information content (AvgIpc) is 2.18. The fourth-order valence-corrected chi connectivity index (χ4v) is 2.15. The van der Waals surface area contributed by atoms with E-state index in [0.29, 0.717) is 5.78 Å². The third kappa shape index (κ3) is 2.80. The van der Waals surface area contributed by atoms with Crippen LogP contribution in [0.4, 0.5) is 0 Å². The third-order valence-electron chi connectivity index (χ3n) is 2.89. The van der Waals surface area contributed by atoms with E-state index in [1.54, 1.807) is 0 Å². The van der Waals surface area contributed by atoms with Crippen LogP contribution in [0.1, 0.15) is 46.0 Å². The monoisotopic (exact) mass is 183 g/mol. The topological polar surface area (TPSA) is 20.3 Å². The number of carbonyl (C=O) groups is 1. The molecule has 0 aliphatic carbocycles. The van der Waals surface area contributed by atoms with E-state index in [9.17, 15) is 4.79 Å². The van der Waals surface area contributed by atoms with Crippen LogP contribution in [0.25, 0.3) is 0 Å². The van der Waals surface area contributed by atoms with Crippen molar-refractivity contribution in [1.82, 2.24) is 4.90 Å². The first-order valence-corrected chi connectivity index (χ1v) is 5.56. The second kappa shape index (κ2) is 5.38. The molecule has 1 aliphatic heterocycles. The first kappa shape index (κ1) is 10.7. The maximum absolute atomic E-state index is 11.7. The van der Waals surface area contributed by atoms with Crippen molar-refractivity contribution < 1.29 is 4.79 Å². The molecule has 1 unspecified atom stereocenters. The molecule has 1 saturated heterocycles. The van der Waals surface area contributed by atoms with Crippen LogP contribution in [-0.2, 0) is 4.79 Å². The number of carbonyl (C=O) groups excluding carboxylic acids is 1. The van der Waals surface area contributed by atoms with Gasteiger partial charge in [-0.25, -0.2) is 0 Å². The highest BCUT2D eigenvalue weighted by Crippen LogP contribution is 2.18. The first-order valence-electron chi connectivity index (χ1n) is 5.56. The highest BCUT2D eigenvalue weighted by molar-refractivity contribution is 5.84. The molecule has 0 aromatic heterocycles. The number of Topliss-reactive ketones (excluding diaryl/α,β-unsaturated/α-hetero) is 1. The summed E-state index contributed by atoms with van der Waals surface area (Å²) < 4.78 is 0. The van der Waals surface area contributed by atoms with Crippen molar-refractivity contribution in [2.75, 3.05) is 13.1 Å². The lowest BCUT2D eigenvalue weighted by Crippen LogP contribution is -2.44. The summed E-state index contributed by atoms with van der Waals surface area (Å²) in [5, 5.41) is 0. The Kier molecular flexibility index (Phi) is 4.43. The fourth-order valence-electron chi connectivity index (χ4n) is 2.15. The molecule has 0 amide bonds. The zero-order valence-corrected chi connectivity index (χ0v) is 8.88. The lowest BCUT2D eigenvalue weighted by atomic mass is 9.96. The van der Waals surface area contributed by atoms with E-state index >= 15 is 0 Å². The van der Waals surface area contributed by atoms with Gasteiger partial charge in [-0.05, 0) is 32.4 Å². The highest BCUT2D eigenvalue weighted by Gasteiger charge is 2.26. The quantitative estimate of drug-likeness (QED) is 0.666. The number of likely N-dealkylation sites (N-methyl/N-ethyl adjacent to an activating group) is 1. The van der Waals surface area contributed by atoms with E-state index in [0.717, 1.165) is 32.4 Å². The summed E-state index contributed by atoms with van der Waals surface area (Å²) in [6.07, 6.45) is 5.35. The van der Waals surface area contributed by atoms with E-state index in [1.165, 1.54) is 12.8 Å². The van der Waals surface area contributed by atoms with Gasteiger partial charge in [-0.15, -0.1) is 0 Å². The van der Waals surface area contributed by atoms with Crippen LogP contribution in [-0.4, -0.2) is 29.8 Å². The van der Waals surface area contributed by atoms with Crippen LogP contribution < -0.4 is 0 Å². The van der Waals surface area contributed by atoms with Crippen LogP contribution in [0.5, 0.6) is 0 Å². The smallest absolute Gasteiger partial charge is 0.149 e. The molecular weight excluding hydrogens is 162 g/mol. The predicted octanol–water partition coefficient (Wildman–Crippen LogP) is 2.23. The lowest BCUT2D eigenvalue weighted by Gasteiger charge is -2.33. The maximum atomic E-state index is 11.7. The standard InChI is InChI=1S/C11H21NO/c1-3-7-11(13)10-8-5-6-9-12(10)4-2/h10H,3-9H2,1-2H3. The number of nitrogens with zero attached hydrogens (tertiary/aromatic N) is 1. The minimum atomic E-state index is 0.249. The Hall–Kier alpha value is -0.370. The molecule has 1 fully saturated rings. The Morgan fingerprint density at radius 3 is 2.77 bits per heavy atom. The minimum absolute atomic E-state index is 0.249. The van der Waals surface area contributed by atoms with Gasteiger partial charge in [0.15, 0.2) is 0 Å². The molecule has 0 saturated carbocycles. The molecule has 0 aromatic carbocycles. The number of hydrogen-bond donors (Lipinski definition) is 0. The van der Waals surface area contributed by atoms with E-state index < -0.39 is 0 Å². The second-order valence-electron chi connectivity index (χ2n) is 3.86. The van der Waals surface area contributed by atoms with Crippen LogP contribution in [0.3, 0.4) is 0 Å². The zero-order valence-electron chi connectivity index (χ0n) is 8.88. The van der Waals surface area contributed by atoms with Crippen molar-refractivity contribution >= 4 is 5.78 Å². The Balaban J connectivity index is 2.48. The fraction of sp³-hybridized carbons (Fsp3) is 0.909. The summed E-state index contributed by atoms with van der Waals surface area (Å²) in [5.74, 6) is 0.462. The van der Waals surface area contributed by atoms with Gasteiger partial charge < -0.3 is 0 Å². The van der Waals surface area contributed by atoms with Crippen molar-refractivity contribution in [3.8, 4) is 0 Å². The first-order chi connectivity index (χ1) is 6.29. The van der Waals surface area contributed by atoms with Crippen LogP contribution in [0.15, 0.2) is 0 Å². The van der Waals surface area contributed by atoms with Gasteiger partial charge in [-0.1, -0.05) is 20.3 Å². The lowest BCUT2D eigenvalue weighted by molar-refractivity contribution is -0.125. The number of hydrogen-bond acceptors (Lipinski definition) is 2. The summed E-state index contributed by atoms with van der Waals surface area (Å²) in [7, 11) is 0. The van der Waals surface area contributed by atoms with E-state index in [-0.39, 0.29) is 6.04 Å². The third-order valence-corrected chi connectivity index (χ3v) is 2.89. The summed E-state index contributed by atoms with van der Waals surface area (Å²) in [6.45, 7) is 6.38. The molecule has 0 aromatic rings. The Bertz CT molecular complexity index is 167. The SMILES string of the molecule is CCCC(=O)C1CCCCN1CC. The maximum Gasteiger partial charge on any atom is 0.149 e. The van der Waals surface area contributed by atoms with Crippen molar-refractivity contribution in [3.05, 3.63) is 0 Å². The molecule has 2 nitrogen and oxygen atoms in total. The minimum Gasteiger partial charge on any atom is -0.298 e. The zero-order chi connectivity index (χ0) is 9.68. The summed E-state index contributed by atoms with van der Waals surface area (Å²) >= 11 is 0. The molecule has 0 bridgehead atoms. The Morgan fingerprint density at radius 2 is 2.15 bits per heavy atom. The molecule has 1 rings (SSSR count). The predicted molar refractivity (Wildman–Crippen MR) is 54.8 cm³/mol. The molecule has 1 aliphatic rings. The Labute approximate surface area is 81.3 Å². The van der Waals surface area contributed by atoms with Gasteiger partial charge in [-0.3, -0.25) is 9.69 Å². The van der Waals surface area contributed by atoms with E-state index in [2.05, 4.69) is 18.7 Å². The van der Waals surface area contributed by atoms with Gasteiger partial charge in [-0.2, -0.15) is 0 Å².